The van der Waals surface area contributed by atoms with E-state index < -0.39 is 46.2 Å². The first-order chi connectivity index (χ1) is 16.1. The summed E-state index contributed by atoms with van der Waals surface area (Å²) in [5.74, 6) is -3.09. The van der Waals surface area contributed by atoms with Crippen LogP contribution in [0, 0.1) is 0 Å². The molecule has 1 heterocycles. The molecular formula is C21H18F2N2O8S. The molecule has 2 aliphatic rings. The molecule has 0 aromatic heterocycles. The Balaban J connectivity index is 1.70. The van der Waals surface area contributed by atoms with Gasteiger partial charge in [0.1, 0.15) is 4.90 Å². The molecule has 13 heteroatoms. The van der Waals surface area contributed by atoms with Gasteiger partial charge in [-0.1, -0.05) is 0 Å². The zero-order valence-corrected chi connectivity index (χ0v) is 18.6. The van der Waals surface area contributed by atoms with Crippen LogP contribution in [0.15, 0.2) is 35.2 Å². The number of hydrogen-bond donors (Lipinski definition) is 1. The molecule has 0 radical (unpaired) electrons. The molecule has 2 aromatic rings. The lowest BCUT2D eigenvalue weighted by Gasteiger charge is -2.16. The molecule has 0 atom stereocenters. The van der Waals surface area contributed by atoms with E-state index >= 15 is 0 Å². The van der Waals surface area contributed by atoms with Crippen molar-refractivity contribution in [2.24, 2.45) is 0 Å². The van der Waals surface area contributed by atoms with E-state index in [-0.39, 0.29) is 33.0 Å². The van der Waals surface area contributed by atoms with Crippen LogP contribution in [-0.2, 0) is 14.8 Å². The van der Waals surface area contributed by atoms with E-state index in [1.165, 1.54) is 19.2 Å². The number of rotatable bonds is 7. The molecule has 180 valence electrons. The number of carbonyl (C=O) groups is 3. The number of alkyl halides is 2. The highest BCUT2D eigenvalue weighted by molar-refractivity contribution is 7.90. The summed E-state index contributed by atoms with van der Waals surface area (Å²) in [7, 11) is -1.85. The van der Waals surface area contributed by atoms with Crippen molar-refractivity contribution in [2.45, 2.75) is 30.4 Å². The van der Waals surface area contributed by atoms with Crippen molar-refractivity contribution >= 4 is 33.5 Å². The first kappa shape index (κ1) is 23.4. The highest BCUT2D eigenvalue weighted by Gasteiger charge is 2.48. The molecule has 1 fully saturated rings. The molecule has 1 aliphatic carbocycles. The van der Waals surface area contributed by atoms with Crippen LogP contribution in [0.4, 0.5) is 14.5 Å². The number of nitrogens with zero attached hydrogens (tertiary/aromatic N) is 1. The summed E-state index contributed by atoms with van der Waals surface area (Å²) in [6, 6.07) is 5.15. The van der Waals surface area contributed by atoms with Gasteiger partial charge in [0.15, 0.2) is 11.5 Å². The molecule has 0 spiro atoms. The number of benzene rings is 2. The number of ether oxygens (including phenoxy) is 3. The molecule has 10 nitrogen and oxygen atoms in total. The van der Waals surface area contributed by atoms with Gasteiger partial charge in [-0.2, -0.15) is 8.78 Å². The van der Waals surface area contributed by atoms with Gasteiger partial charge >= 0.3 is 12.6 Å². The fourth-order valence-corrected chi connectivity index (χ4v) is 5.38. The average molecular weight is 496 g/mol. The maximum absolute atomic E-state index is 12.9. The zero-order chi connectivity index (χ0) is 24.8. The van der Waals surface area contributed by atoms with Crippen LogP contribution >= 0.6 is 0 Å². The van der Waals surface area contributed by atoms with Crippen LogP contribution in [0.2, 0.25) is 0 Å². The van der Waals surface area contributed by atoms with Gasteiger partial charge in [-0.05, 0) is 31.0 Å². The van der Waals surface area contributed by atoms with Gasteiger partial charge in [0.05, 0.1) is 31.0 Å². The molecule has 1 saturated carbocycles. The van der Waals surface area contributed by atoms with Gasteiger partial charge in [-0.25, -0.2) is 17.5 Å². The van der Waals surface area contributed by atoms with Crippen LogP contribution in [0.1, 0.15) is 43.9 Å². The standard InChI is InChI=1S/C21H18F2N2O8S/c1-31-15-8-13(20(28)32-2)14(9-16(15)33-21(22)23)24-18(26)10-3-6-12-17(7-10)34(29,30)25(19(12)27)11-4-5-11/h3,6-9,11,21H,4-5H2,1-2H3,(H,24,26). The number of hydrogen-bond acceptors (Lipinski definition) is 8. The molecule has 0 saturated heterocycles. The second kappa shape index (κ2) is 8.56. The van der Waals surface area contributed by atoms with E-state index in [2.05, 4.69) is 14.8 Å². The minimum absolute atomic E-state index is 0.0456. The molecule has 0 unspecified atom stereocenters. The fourth-order valence-electron chi connectivity index (χ4n) is 3.54. The Morgan fingerprint density at radius 3 is 2.41 bits per heavy atom. The summed E-state index contributed by atoms with van der Waals surface area (Å²) < 4.78 is 66.1. The van der Waals surface area contributed by atoms with Gasteiger partial charge < -0.3 is 19.5 Å². The molecule has 1 N–H and O–H groups in total. The van der Waals surface area contributed by atoms with Gasteiger partial charge in [0, 0.05) is 23.7 Å². The number of methoxy groups -OCH3 is 2. The molecule has 0 bridgehead atoms. The van der Waals surface area contributed by atoms with Crippen LogP contribution in [0.3, 0.4) is 0 Å². The quantitative estimate of drug-likeness (QED) is 0.580. The second-order valence-corrected chi connectivity index (χ2v) is 9.20. The Bertz CT molecular complexity index is 1310. The third-order valence-corrected chi connectivity index (χ3v) is 7.14. The Morgan fingerprint density at radius 1 is 1.12 bits per heavy atom. The largest absolute Gasteiger partial charge is 0.493 e. The molecule has 1 aliphatic heterocycles. The van der Waals surface area contributed by atoms with E-state index in [1.54, 1.807) is 0 Å². The number of halogens is 2. The number of sulfonamides is 1. The third-order valence-electron chi connectivity index (χ3n) is 5.26. The minimum Gasteiger partial charge on any atom is -0.493 e. The summed E-state index contributed by atoms with van der Waals surface area (Å²) in [6.45, 7) is -3.21. The number of anilines is 1. The maximum Gasteiger partial charge on any atom is 0.387 e. The predicted molar refractivity (Wildman–Crippen MR) is 112 cm³/mol. The molecule has 34 heavy (non-hydrogen) atoms. The summed E-state index contributed by atoms with van der Waals surface area (Å²) in [5, 5.41) is 2.37. The number of esters is 1. The Hall–Kier alpha value is -3.74. The van der Waals surface area contributed by atoms with Crippen molar-refractivity contribution in [3.8, 4) is 11.5 Å². The summed E-state index contributed by atoms with van der Waals surface area (Å²) in [6.07, 6.45) is 1.15. The second-order valence-electron chi connectivity index (χ2n) is 7.42. The molecule has 4 rings (SSSR count). The van der Waals surface area contributed by atoms with Gasteiger partial charge in [-0.3, -0.25) is 9.59 Å². The fraction of sp³-hybridized carbons (Fsp3) is 0.286. The normalized spacial score (nSPS) is 16.3. The summed E-state index contributed by atoms with van der Waals surface area (Å²) >= 11 is 0. The van der Waals surface area contributed by atoms with Crippen molar-refractivity contribution in [3.05, 3.63) is 47.0 Å². The highest BCUT2D eigenvalue weighted by atomic mass is 32.2. The molecular weight excluding hydrogens is 478 g/mol. The summed E-state index contributed by atoms with van der Waals surface area (Å²) in [5.41, 5.74) is -0.656. The average Bonchev–Trinajstić information content (AvgIpc) is 3.59. The predicted octanol–water partition coefficient (Wildman–Crippen LogP) is 2.64. The molecule has 2 aromatic carbocycles. The first-order valence-corrected chi connectivity index (χ1v) is 11.3. The van der Waals surface area contributed by atoms with Crippen molar-refractivity contribution in [2.75, 3.05) is 19.5 Å². The van der Waals surface area contributed by atoms with Crippen LogP contribution < -0.4 is 14.8 Å². The van der Waals surface area contributed by atoms with E-state index in [0.29, 0.717) is 12.8 Å². The van der Waals surface area contributed by atoms with Crippen LogP contribution in [0.25, 0.3) is 0 Å². The highest BCUT2D eigenvalue weighted by Crippen LogP contribution is 2.40. The third kappa shape index (κ3) is 4.02. The molecule has 2 amide bonds. The SMILES string of the molecule is COC(=O)c1cc(OC)c(OC(F)F)cc1NC(=O)c1ccc2c(c1)S(=O)(=O)N(C1CC1)C2=O. The van der Waals surface area contributed by atoms with Crippen molar-refractivity contribution in [1.29, 1.82) is 0 Å². The number of amides is 2. The Labute approximate surface area is 192 Å². The first-order valence-electron chi connectivity index (χ1n) is 9.87. The van der Waals surface area contributed by atoms with Crippen LogP contribution in [0.5, 0.6) is 11.5 Å². The monoisotopic (exact) mass is 496 g/mol. The number of nitrogens with one attached hydrogen (secondary N) is 1. The Kier molecular flexibility index (Phi) is 5.89. The number of carbonyl (C=O) groups excluding carboxylic acids is 3. The number of fused-ring (bicyclic) bond motifs is 1. The van der Waals surface area contributed by atoms with Crippen molar-refractivity contribution < 1.29 is 45.8 Å². The maximum atomic E-state index is 12.9. The van der Waals surface area contributed by atoms with Gasteiger partial charge in [-0.15, -0.1) is 0 Å². The van der Waals surface area contributed by atoms with Crippen molar-refractivity contribution in [3.63, 3.8) is 0 Å². The lowest BCUT2D eigenvalue weighted by atomic mass is 10.1. The lowest BCUT2D eigenvalue weighted by molar-refractivity contribution is -0.0511. The van der Waals surface area contributed by atoms with Gasteiger partial charge in [0.25, 0.3) is 21.8 Å². The van der Waals surface area contributed by atoms with Crippen LogP contribution in [-0.4, -0.2) is 57.4 Å². The topological polar surface area (TPSA) is 128 Å². The lowest BCUT2D eigenvalue weighted by Crippen LogP contribution is -2.31. The van der Waals surface area contributed by atoms with E-state index in [9.17, 15) is 31.6 Å². The van der Waals surface area contributed by atoms with Gasteiger partial charge in [0.2, 0.25) is 0 Å². The zero-order valence-electron chi connectivity index (χ0n) is 17.8. The van der Waals surface area contributed by atoms with E-state index in [4.69, 9.17) is 4.74 Å². The minimum atomic E-state index is -4.11. The summed E-state index contributed by atoms with van der Waals surface area (Å²) in [4.78, 5) is 37.3. The Morgan fingerprint density at radius 2 is 1.82 bits per heavy atom. The van der Waals surface area contributed by atoms with E-state index in [0.717, 1.165) is 29.6 Å². The van der Waals surface area contributed by atoms with Crippen molar-refractivity contribution in [1.82, 2.24) is 4.31 Å². The smallest absolute Gasteiger partial charge is 0.387 e. The van der Waals surface area contributed by atoms with E-state index in [1.807, 2.05) is 0 Å².